The second kappa shape index (κ2) is 7.56. The maximum atomic E-state index is 12.9. The summed E-state index contributed by atoms with van der Waals surface area (Å²) in [7, 11) is 0. The van der Waals surface area contributed by atoms with Crippen LogP contribution in [-0.2, 0) is 0 Å². The zero-order valence-corrected chi connectivity index (χ0v) is 15.6. The third-order valence-corrected chi connectivity index (χ3v) is 5.38. The summed E-state index contributed by atoms with van der Waals surface area (Å²) in [4.78, 5) is 20.9. The van der Waals surface area contributed by atoms with Crippen molar-refractivity contribution >= 4 is 23.2 Å². The molecule has 27 heavy (non-hydrogen) atoms. The molecule has 0 spiro atoms. The summed E-state index contributed by atoms with van der Waals surface area (Å²) >= 11 is 5.88. The van der Waals surface area contributed by atoms with Crippen LogP contribution in [0.3, 0.4) is 0 Å². The number of halogens is 1. The van der Waals surface area contributed by atoms with Gasteiger partial charge >= 0.3 is 6.03 Å². The monoisotopic (exact) mass is 386 g/mol. The number of rotatable bonds is 1. The molecule has 140 valence electrons. The molecule has 4 rings (SSSR count). The summed E-state index contributed by atoms with van der Waals surface area (Å²) < 4.78 is 0. The van der Waals surface area contributed by atoms with Gasteiger partial charge in [-0.05, 0) is 30.5 Å². The summed E-state index contributed by atoms with van der Waals surface area (Å²) in [5, 5.41) is 12.2. The van der Waals surface area contributed by atoms with E-state index in [1.165, 1.54) is 0 Å². The van der Waals surface area contributed by atoms with Crippen molar-refractivity contribution in [3.63, 3.8) is 0 Å². The molecular formula is C18H21ClN7O+. The quantitative estimate of drug-likeness (QED) is 0.547. The summed E-state index contributed by atoms with van der Waals surface area (Å²) in [6, 6.07) is 5.86. The minimum Gasteiger partial charge on any atom is -0.324 e. The number of likely N-dealkylation sites (tertiary alicyclic amines) is 1. The van der Waals surface area contributed by atoms with Crippen LogP contribution in [0.5, 0.6) is 0 Å². The van der Waals surface area contributed by atoms with Crippen LogP contribution in [0.25, 0.3) is 5.57 Å². The lowest BCUT2D eigenvalue weighted by molar-refractivity contribution is -0.661. The maximum Gasteiger partial charge on any atom is 0.320 e. The molecule has 2 amide bonds. The van der Waals surface area contributed by atoms with Crippen LogP contribution < -0.4 is 11.0 Å². The van der Waals surface area contributed by atoms with Crippen molar-refractivity contribution in [3.8, 4) is 6.07 Å². The minimum absolute atomic E-state index is 0.0737. The van der Waals surface area contributed by atoms with E-state index in [2.05, 4.69) is 21.6 Å². The molecule has 3 aliphatic heterocycles. The predicted octanol–water partition coefficient (Wildman–Crippen LogP) is 0.684. The lowest BCUT2D eigenvalue weighted by Gasteiger charge is -2.37. The minimum atomic E-state index is 0.0737. The first kappa shape index (κ1) is 17.8. The normalized spacial score (nSPS) is 19.5. The van der Waals surface area contributed by atoms with Gasteiger partial charge in [-0.1, -0.05) is 17.1 Å². The van der Waals surface area contributed by atoms with E-state index in [1.54, 1.807) is 18.3 Å². The van der Waals surface area contributed by atoms with Crippen molar-refractivity contribution < 1.29 is 10.2 Å². The largest absolute Gasteiger partial charge is 0.324 e. The van der Waals surface area contributed by atoms with Crippen LogP contribution in [0.2, 0.25) is 5.02 Å². The Balaban J connectivity index is 1.41. The first-order valence-corrected chi connectivity index (χ1v) is 9.37. The fourth-order valence-electron chi connectivity index (χ4n) is 3.66. The number of pyridine rings is 1. The van der Waals surface area contributed by atoms with Crippen molar-refractivity contribution in [3.05, 3.63) is 46.5 Å². The topological polar surface area (TPSA) is 92.1 Å². The van der Waals surface area contributed by atoms with Gasteiger partial charge in [0.25, 0.3) is 0 Å². The van der Waals surface area contributed by atoms with Crippen LogP contribution in [0.4, 0.5) is 4.79 Å². The molecule has 2 saturated heterocycles. The molecule has 0 unspecified atom stereocenters. The predicted molar refractivity (Wildman–Crippen MR) is 99.4 cm³/mol. The van der Waals surface area contributed by atoms with E-state index in [0.29, 0.717) is 55.3 Å². The molecule has 0 saturated carbocycles. The van der Waals surface area contributed by atoms with Crippen LogP contribution in [0, 0.1) is 11.3 Å². The average molecular weight is 387 g/mol. The number of quaternary nitrogens is 1. The molecule has 1 aromatic heterocycles. The van der Waals surface area contributed by atoms with E-state index in [4.69, 9.17) is 11.6 Å². The highest BCUT2D eigenvalue weighted by Gasteiger charge is 2.32. The third-order valence-electron chi connectivity index (χ3n) is 5.16. The molecule has 4 heterocycles. The molecule has 0 bridgehead atoms. The van der Waals surface area contributed by atoms with E-state index in [1.807, 2.05) is 21.4 Å². The van der Waals surface area contributed by atoms with E-state index in [9.17, 15) is 10.1 Å². The molecule has 3 N–H and O–H groups in total. The van der Waals surface area contributed by atoms with Gasteiger partial charge in [0.1, 0.15) is 18.0 Å². The summed E-state index contributed by atoms with van der Waals surface area (Å²) in [5.74, 6) is 0. The van der Waals surface area contributed by atoms with Gasteiger partial charge < -0.3 is 9.80 Å². The molecule has 3 aliphatic rings. The number of nitrogens with one attached hydrogen (secondary N) is 1. The van der Waals surface area contributed by atoms with E-state index >= 15 is 0 Å². The molecular weight excluding hydrogens is 366 g/mol. The van der Waals surface area contributed by atoms with Gasteiger partial charge in [-0.15, -0.1) is 0 Å². The number of amides is 2. The van der Waals surface area contributed by atoms with Gasteiger partial charge in [-0.3, -0.25) is 9.99 Å². The number of nitrogens with two attached hydrogens (primary N) is 1. The SMILES string of the molecule is N#CC(=C1CCN(C(=O)N2CCN3N[NH2+]C=C3C2)CC1)c1ccc(Cl)cn1. The number of carbonyl (C=O) groups is 1. The summed E-state index contributed by atoms with van der Waals surface area (Å²) in [6.45, 7) is 3.36. The van der Waals surface area contributed by atoms with Crippen LogP contribution in [0.1, 0.15) is 18.5 Å². The molecule has 2 fully saturated rings. The number of nitriles is 1. The number of hydrazine groups is 1. The maximum absolute atomic E-state index is 12.9. The Morgan fingerprint density at radius 3 is 2.74 bits per heavy atom. The number of urea groups is 1. The van der Waals surface area contributed by atoms with Gasteiger partial charge in [0.2, 0.25) is 0 Å². The highest BCUT2D eigenvalue weighted by atomic mass is 35.5. The van der Waals surface area contributed by atoms with E-state index in [0.717, 1.165) is 17.8 Å². The van der Waals surface area contributed by atoms with E-state index in [-0.39, 0.29) is 6.03 Å². The van der Waals surface area contributed by atoms with Gasteiger partial charge in [0.05, 0.1) is 29.4 Å². The molecule has 0 radical (unpaired) electrons. The van der Waals surface area contributed by atoms with Gasteiger partial charge in [0, 0.05) is 25.8 Å². The number of carbonyl (C=O) groups excluding carboxylic acids is 1. The highest BCUT2D eigenvalue weighted by molar-refractivity contribution is 6.30. The number of allylic oxidation sites excluding steroid dienone is 1. The Hall–Kier alpha value is -2.60. The van der Waals surface area contributed by atoms with Crippen LogP contribution in [0.15, 0.2) is 35.8 Å². The Labute approximate surface area is 162 Å². The number of piperazine rings is 1. The Bertz CT molecular complexity index is 832. The zero-order valence-electron chi connectivity index (χ0n) is 14.9. The van der Waals surface area contributed by atoms with Crippen LogP contribution >= 0.6 is 11.6 Å². The Kier molecular flexibility index (Phi) is 4.99. The van der Waals surface area contributed by atoms with Crippen molar-refractivity contribution in [2.45, 2.75) is 12.8 Å². The third kappa shape index (κ3) is 3.62. The zero-order chi connectivity index (χ0) is 18.8. The van der Waals surface area contributed by atoms with Crippen molar-refractivity contribution in [1.29, 1.82) is 5.26 Å². The lowest BCUT2D eigenvalue weighted by atomic mass is 9.96. The lowest BCUT2D eigenvalue weighted by Crippen LogP contribution is -2.87. The molecule has 9 heteroatoms. The summed E-state index contributed by atoms with van der Waals surface area (Å²) in [6.07, 6.45) is 4.94. The van der Waals surface area contributed by atoms with Gasteiger partial charge in [-0.2, -0.15) is 5.26 Å². The van der Waals surface area contributed by atoms with Crippen molar-refractivity contribution in [2.75, 3.05) is 32.7 Å². The summed E-state index contributed by atoms with van der Waals surface area (Å²) in [5.41, 5.74) is 8.47. The number of fused-ring (bicyclic) bond motifs is 1. The number of aromatic nitrogens is 1. The molecule has 8 nitrogen and oxygen atoms in total. The van der Waals surface area contributed by atoms with Crippen molar-refractivity contribution in [2.24, 2.45) is 0 Å². The fourth-order valence-corrected chi connectivity index (χ4v) is 3.77. The van der Waals surface area contributed by atoms with Crippen molar-refractivity contribution in [1.82, 2.24) is 25.3 Å². The number of nitrogens with zero attached hydrogens (tertiary/aromatic N) is 5. The fraction of sp³-hybridized carbons (Fsp3) is 0.389. The first-order valence-electron chi connectivity index (χ1n) is 8.99. The highest BCUT2D eigenvalue weighted by Crippen LogP contribution is 2.27. The van der Waals surface area contributed by atoms with Gasteiger partial charge in [0.15, 0.2) is 0 Å². The van der Waals surface area contributed by atoms with E-state index < -0.39 is 0 Å². The second-order valence-corrected chi connectivity index (χ2v) is 7.19. The second-order valence-electron chi connectivity index (χ2n) is 6.75. The van der Waals surface area contributed by atoms with Crippen LogP contribution in [-0.4, -0.2) is 58.5 Å². The molecule has 1 aromatic rings. The van der Waals surface area contributed by atoms with Gasteiger partial charge in [-0.25, -0.2) is 10.2 Å². The average Bonchev–Trinajstić information content (AvgIpc) is 3.18. The Morgan fingerprint density at radius 2 is 2.04 bits per heavy atom. The molecule has 0 atom stereocenters. The number of hydrogen-bond donors (Lipinski definition) is 2. The first-order chi connectivity index (χ1) is 13.2. The Morgan fingerprint density at radius 1 is 1.22 bits per heavy atom. The molecule has 0 aliphatic carbocycles. The number of piperidine rings is 1. The smallest absolute Gasteiger partial charge is 0.320 e. The molecule has 0 aromatic carbocycles. The number of hydrogen-bond acceptors (Lipinski definition) is 5. The standard InChI is InChI=1S/C18H20ClN7O/c19-14-1-2-17(21-10-14)16(9-20)13-3-5-24(6-4-13)18(27)25-7-8-26-15(12-25)11-22-23-26/h1-2,10-11,22-23H,3-8,12H2/p+1.